The predicted molar refractivity (Wildman–Crippen MR) is 94.2 cm³/mol. The fraction of sp³-hybridized carbons (Fsp3) is 0.444. The highest BCUT2D eigenvalue weighted by Gasteiger charge is 2.16. The third-order valence-corrected chi connectivity index (χ3v) is 4.47. The quantitative estimate of drug-likeness (QED) is 0.713. The van der Waals surface area contributed by atoms with E-state index in [1.165, 1.54) is 16.8 Å². The topological polar surface area (TPSA) is 106 Å². The van der Waals surface area contributed by atoms with E-state index in [9.17, 15) is 14.4 Å². The van der Waals surface area contributed by atoms with Crippen molar-refractivity contribution >= 4 is 11.9 Å². The molecule has 1 aliphatic rings. The molecule has 0 unspecified atom stereocenters. The van der Waals surface area contributed by atoms with Crippen molar-refractivity contribution in [1.82, 2.24) is 19.7 Å². The van der Waals surface area contributed by atoms with Crippen molar-refractivity contribution in [3.05, 3.63) is 51.7 Å². The van der Waals surface area contributed by atoms with Crippen molar-refractivity contribution in [2.24, 2.45) is 0 Å². The standard InChI is InChI=1S/C18H22N4O4/c23-16(12-13-5-7-14(8-6-13)17(24)25)19-9-3-11-22-18(26)21-10-2-1-4-15(21)20-22/h5-8H,1-4,9-12H2,(H,19,23)(H,24,25). The van der Waals surface area contributed by atoms with E-state index in [0.29, 0.717) is 19.5 Å². The van der Waals surface area contributed by atoms with E-state index >= 15 is 0 Å². The maximum atomic E-state index is 12.2. The highest BCUT2D eigenvalue weighted by atomic mass is 16.4. The second kappa shape index (κ2) is 7.99. The monoisotopic (exact) mass is 358 g/mol. The number of nitrogens with zero attached hydrogens (tertiary/aromatic N) is 3. The Labute approximate surface area is 150 Å². The second-order valence-corrected chi connectivity index (χ2v) is 6.41. The number of amides is 1. The third kappa shape index (κ3) is 4.19. The maximum Gasteiger partial charge on any atom is 0.345 e. The molecule has 0 fully saturated rings. The van der Waals surface area contributed by atoms with Crippen molar-refractivity contribution in [1.29, 1.82) is 0 Å². The van der Waals surface area contributed by atoms with Gasteiger partial charge in [0.1, 0.15) is 5.82 Å². The number of aryl methyl sites for hydroxylation is 2. The van der Waals surface area contributed by atoms with Gasteiger partial charge in [-0.3, -0.25) is 9.36 Å². The summed E-state index contributed by atoms with van der Waals surface area (Å²) in [5.41, 5.74) is 0.886. The summed E-state index contributed by atoms with van der Waals surface area (Å²) in [5, 5.41) is 16.0. The number of rotatable bonds is 7. The molecule has 8 nitrogen and oxygen atoms in total. The summed E-state index contributed by atoms with van der Waals surface area (Å²) in [4.78, 5) is 34.9. The van der Waals surface area contributed by atoms with Crippen molar-refractivity contribution in [2.75, 3.05) is 6.54 Å². The molecule has 0 radical (unpaired) electrons. The number of nitrogens with one attached hydrogen (secondary N) is 1. The van der Waals surface area contributed by atoms with Gasteiger partial charge in [0.05, 0.1) is 12.0 Å². The molecule has 1 aromatic carbocycles. The fourth-order valence-corrected chi connectivity index (χ4v) is 3.06. The van der Waals surface area contributed by atoms with E-state index in [0.717, 1.165) is 37.2 Å². The largest absolute Gasteiger partial charge is 0.478 e. The van der Waals surface area contributed by atoms with E-state index in [2.05, 4.69) is 10.4 Å². The molecule has 0 saturated heterocycles. The highest BCUT2D eigenvalue weighted by Crippen LogP contribution is 2.09. The SMILES string of the molecule is O=C(Cc1ccc(C(=O)O)cc1)NCCCn1nc2n(c1=O)CCCC2. The molecule has 8 heteroatoms. The second-order valence-electron chi connectivity index (χ2n) is 6.41. The molecule has 0 spiro atoms. The summed E-state index contributed by atoms with van der Waals surface area (Å²) in [6, 6.07) is 6.24. The smallest absolute Gasteiger partial charge is 0.345 e. The summed E-state index contributed by atoms with van der Waals surface area (Å²) < 4.78 is 3.22. The van der Waals surface area contributed by atoms with Gasteiger partial charge in [0, 0.05) is 26.1 Å². The molecule has 2 heterocycles. The van der Waals surface area contributed by atoms with Gasteiger partial charge in [-0.1, -0.05) is 12.1 Å². The lowest BCUT2D eigenvalue weighted by Gasteiger charge is -2.09. The van der Waals surface area contributed by atoms with Gasteiger partial charge >= 0.3 is 11.7 Å². The van der Waals surface area contributed by atoms with Crippen LogP contribution in [-0.4, -0.2) is 37.9 Å². The fourth-order valence-electron chi connectivity index (χ4n) is 3.06. The first-order valence-electron chi connectivity index (χ1n) is 8.80. The van der Waals surface area contributed by atoms with Crippen LogP contribution in [0.25, 0.3) is 0 Å². The number of carboxylic acid groups (broad SMARTS) is 1. The molecular weight excluding hydrogens is 336 g/mol. The van der Waals surface area contributed by atoms with Gasteiger partial charge in [0.15, 0.2) is 0 Å². The molecule has 1 aromatic heterocycles. The van der Waals surface area contributed by atoms with Crippen LogP contribution in [0.4, 0.5) is 0 Å². The molecule has 2 N–H and O–H groups in total. The Balaban J connectivity index is 1.43. The Morgan fingerprint density at radius 1 is 1.19 bits per heavy atom. The number of aromatic nitrogens is 3. The van der Waals surface area contributed by atoms with E-state index in [4.69, 9.17) is 5.11 Å². The molecule has 2 aromatic rings. The van der Waals surface area contributed by atoms with Crippen LogP contribution in [0.15, 0.2) is 29.1 Å². The first-order chi connectivity index (χ1) is 12.5. The van der Waals surface area contributed by atoms with Gasteiger partial charge in [-0.05, 0) is 37.0 Å². The average molecular weight is 358 g/mol. The summed E-state index contributed by atoms with van der Waals surface area (Å²) in [6.45, 7) is 1.68. The van der Waals surface area contributed by atoms with E-state index in [-0.39, 0.29) is 23.6 Å². The van der Waals surface area contributed by atoms with Crippen LogP contribution in [0.2, 0.25) is 0 Å². The summed E-state index contributed by atoms with van der Waals surface area (Å²) in [5.74, 6) is -0.267. The van der Waals surface area contributed by atoms with Gasteiger partial charge in [0.25, 0.3) is 0 Å². The van der Waals surface area contributed by atoms with Crippen LogP contribution in [0.5, 0.6) is 0 Å². The number of carbonyl (C=O) groups is 2. The van der Waals surface area contributed by atoms with Gasteiger partial charge in [-0.25, -0.2) is 14.3 Å². The number of carboxylic acids is 1. The van der Waals surface area contributed by atoms with Crippen LogP contribution in [0, 0.1) is 0 Å². The summed E-state index contributed by atoms with van der Waals surface area (Å²) in [6.07, 6.45) is 3.75. The molecule has 3 rings (SSSR count). The number of aromatic carboxylic acids is 1. The molecule has 0 aliphatic carbocycles. The zero-order valence-corrected chi connectivity index (χ0v) is 14.5. The van der Waals surface area contributed by atoms with Crippen LogP contribution in [0.3, 0.4) is 0 Å². The van der Waals surface area contributed by atoms with E-state index < -0.39 is 5.97 Å². The predicted octanol–water partition coefficient (Wildman–Crippen LogP) is 0.828. The lowest BCUT2D eigenvalue weighted by atomic mass is 10.1. The Morgan fingerprint density at radius 2 is 1.96 bits per heavy atom. The minimum Gasteiger partial charge on any atom is -0.478 e. The highest BCUT2D eigenvalue weighted by molar-refractivity contribution is 5.87. The van der Waals surface area contributed by atoms with Crippen LogP contribution in [-0.2, 0) is 30.7 Å². The first kappa shape index (κ1) is 17.9. The van der Waals surface area contributed by atoms with E-state index in [1.54, 1.807) is 16.7 Å². The Hall–Kier alpha value is -2.90. The van der Waals surface area contributed by atoms with Gasteiger partial charge < -0.3 is 10.4 Å². The van der Waals surface area contributed by atoms with E-state index in [1.807, 2.05) is 0 Å². The maximum absolute atomic E-state index is 12.2. The zero-order valence-electron chi connectivity index (χ0n) is 14.5. The molecule has 1 aliphatic heterocycles. The zero-order chi connectivity index (χ0) is 18.5. The third-order valence-electron chi connectivity index (χ3n) is 4.47. The van der Waals surface area contributed by atoms with Crippen molar-refractivity contribution in [3.8, 4) is 0 Å². The molecule has 1 amide bonds. The number of benzene rings is 1. The minimum absolute atomic E-state index is 0.0652. The lowest BCUT2D eigenvalue weighted by molar-refractivity contribution is -0.120. The van der Waals surface area contributed by atoms with Crippen LogP contribution < -0.4 is 11.0 Å². The summed E-state index contributed by atoms with van der Waals surface area (Å²) in [7, 11) is 0. The lowest BCUT2D eigenvalue weighted by Crippen LogP contribution is -2.30. The van der Waals surface area contributed by atoms with Gasteiger partial charge in [-0.2, -0.15) is 5.10 Å². The van der Waals surface area contributed by atoms with Gasteiger partial charge in [-0.15, -0.1) is 0 Å². The number of hydrogen-bond acceptors (Lipinski definition) is 4. The van der Waals surface area contributed by atoms with Crippen LogP contribution >= 0.6 is 0 Å². The Bertz CT molecular complexity index is 851. The van der Waals surface area contributed by atoms with Crippen molar-refractivity contribution < 1.29 is 14.7 Å². The van der Waals surface area contributed by atoms with Crippen LogP contribution in [0.1, 0.15) is 41.0 Å². The minimum atomic E-state index is -0.989. The molecule has 0 saturated carbocycles. The number of carbonyl (C=O) groups excluding carboxylic acids is 1. The molecule has 0 atom stereocenters. The average Bonchev–Trinajstić information content (AvgIpc) is 2.95. The normalized spacial score (nSPS) is 13.2. The van der Waals surface area contributed by atoms with Crippen molar-refractivity contribution in [3.63, 3.8) is 0 Å². The molecule has 0 bridgehead atoms. The first-order valence-corrected chi connectivity index (χ1v) is 8.80. The Morgan fingerprint density at radius 3 is 2.65 bits per heavy atom. The number of hydrogen-bond donors (Lipinski definition) is 2. The molecule has 26 heavy (non-hydrogen) atoms. The number of fused-ring (bicyclic) bond motifs is 1. The summed E-state index contributed by atoms with van der Waals surface area (Å²) >= 11 is 0. The molecular formula is C18H22N4O4. The molecule has 138 valence electrons. The van der Waals surface area contributed by atoms with Crippen molar-refractivity contribution in [2.45, 2.75) is 45.2 Å². The Kier molecular flexibility index (Phi) is 5.50. The van der Waals surface area contributed by atoms with Gasteiger partial charge in [0.2, 0.25) is 5.91 Å².